The van der Waals surface area contributed by atoms with Crippen LogP contribution in [0, 0.1) is 0 Å². The van der Waals surface area contributed by atoms with Crippen LogP contribution in [0.4, 0.5) is 11.4 Å². The predicted octanol–water partition coefficient (Wildman–Crippen LogP) is 4.75. The largest absolute Gasteiger partial charge is 0.379 e. The third-order valence-corrected chi connectivity index (χ3v) is 5.25. The Hall–Kier alpha value is -2.50. The van der Waals surface area contributed by atoms with Gasteiger partial charge in [-0.3, -0.25) is 4.72 Å². The van der Waals surface area contributed by atoms with Gasteiger partial charge < -0.3 is 5.32 Å². The number of hydrogen-bond donors (Lipinski definition) is 2. The number of hydrogen-bond acceptors (Lipinski definition) is 3. The van der Waals surface area contributed by atoms with E-state index in [1.54, 1.807) is 42.5 Å². The molecule has 25 heavy (non-hydrogen) atoms. The molecule has 4 nitrogen and oxygen atoms in total. The zero-order valence-corrected chi connectivity index (χ0v) is 14.9. The van der Waals surface area contributed by atoms with Gasteiger partial charge in [0, 0.05) is 11.6 Å². The summed E-state index contributed by atoms with van der Waals surface area (Å²) in [7, 11) is -3.63. The van der Waals surface area contributed by atoms with Crippen LogP contribution in [0.1, 0.15) is 5.56 Å². The second-order valence-electron chi connectivity index (χ2n) is 5.44. The maximum Gasteiger partial charge on any atom is 0.261 e. The van der Waals surface area contributed by atoms with Crippen molar-refractivity contribution in [1.29, 1.82) is 0 Å². The Balaban J connectivity index is 1.78. The molecule has 0 saturated heterocycles. The van der Waals surface area contributed by atoms with Crippen LogP contribution in [0.2, 0.25) is 5.02 Å². The molecule has 3 aromatic carbocycles. The fourth-order valence-electron chi connectivity index (χ4n) is 2.33. The minimum absolute atomic E-state index is 0.225. The van der Waals surface area contributed by atoms with Crippen LogP contribution in [0.25, 0.3) is 0 Å². The van der Waals surface area contributed by atoms with E-state index in [1.165, 1.54) is 0 Å². The first-order valence-electron chi connectivity index (χ1n) is 7.70. The highest BCUT2D eigenvalue weighted by molar-refractivity contribution is 7.92. The molecule has 2 N–H and O–H groups in total. The molecule has 0 amide bonds. The zero-order chi connectivity index (χ0) is 17.7. The van der Waals surface area contributed by atoms with Gasteiger partial charge in [-0.05, 0) is 42.0 Å². The summed E-state index contributed by atoms with van der Waals surface area (Å²) in [6, 6.07) is 23.0. The van der Waals surface area contributed by atoms with Crippen LogP contribution in [0.15, 0.2) is 83.8 Å². The average molecular weight is 373 g/mol. The van der Waals surface area contributed by atoms with Gasteiger partial charge in [-0.25, -0.2) is 8.42 Å². The van der Waals surface area contributed by atoms with Gasteiger partial charge in [0.2, 0.25) is 0 Å². The smallest absolute Gasteiger partial charge is 0.261 e. The molecule has 128 valence electrons. The number of halogens is 1. The third kappa shape index (κ3) is 4.53. The van der Waals surface area contributed by atoms with Crippen molar-refractivity contribution in [2.75, 3.05) is 10.0 Å². The van der Waals surface area contributed by atoms with E-state index >= 15 is 0 Å². The fourth-order valence-corrected chi connectivity index (χ4v) is 3.56. The fraction of sp³-hybridized carbons (Fsp3) is 0.0526. The molecule has 0 heterocycles. The first-order chi connectivity index (χ1) is 12.0. The molecule has 0 aliphatic rings. The van der Waals surface area contributed by atoms with E-state index in [-0.39, 0.29) is 4.90 Å². The highest BCUT2D eigenvalue weighted by atomic mass is 35.5. The summed E-state index contributed by atoms with van der Waals surface area (Å²) in [5, 5.41) is 3.93. The maximum absolute atomic E-state index is 12.5. The first kappa shape index (κ1) is 17.3. The highest BCUT2D eigenvalue weighted by Crippen LogP contribution is 2.25. The topological polar surface area (TPSA) is 58.2 Å². The summed E-state index contributed by atoms with van der Waals surface area (Å²) < 4.78 is 27.7. The van der Waals surface area contributed by atoms with Crippen molar-refractivity contribution in [1.82, 2.24) is 0 Å². The van der Waals surface area contributed by atoms with E-state index in [0.717, 1.165) is 5.56 Å². The second-order valence-corrected chi connectivity index (χ2v) is 7.56. The van der Waals surface area contributed by atoms with Crippen molar-refractivity contribution < 1.29 is 8.42 Å². The van der Waals surface area contributed by atoms with Gasteiger partial charge in [0.05, 0.1) is 16.3 Å². The van der Waals surface area contributed by atoms with Crippen molar-refractivity contribution in [2.45, 2.75) is 11.4 Å². The summed E-state index contributed by atoms with van der Waals surface area (Å²) >= 11 is 5.89. The molecule has 0 aromatic heterocycles. The van der Waals surface area contributed by atoms with E-state index in [2.05, 4.69) is 10.0 Å². The molecule has 0 bridgehead atoms. The molecule has 0 saturated carbocycles. The Morgan fingerprint density at radius 1 is 0.760 bits per heavy atom. The molecule has 0 fully saturated rings. The standard InChI is InChI=1S/C19H17ClN2O2S/c20-16-12-10-15(11-13-16)14-21-18-8-4-5-9-19(18)22-25(23,24)17-6-2-1-3-7-17/h1-13,21-22H,14H2. The predicted molar refractivity (Wildman–Crippen MR) is 102 cm³/mol. The zero-order valence-electron chi connectivity index (χ0n) is 13.3. The molecule has 3 aromatic rings. The minimum atomic E-state index is -3.63. The Bertz CT molecular complexity index is 943. The maximum atomic E-state index is 12.5. The summed E-state index contributed by atoms with van der Waals surface area (Å²) in [5.74, 6) is 0. The van der Waals surface area contributed by atoms with Crippen LogP contribution in [-0.2, 0) is 16.6 Å². The molecule has 0 radical (unpaired) electrons. The Morgan fingerprint density at radius 2 is 1.36 bits per heavy atom. The number of nitrogens with one attached hydrogen (secondary N) is 2. The molecular formula is C19H17ClN2O2S. The number of anilines is 2. The molecule has 0 aliphatic carbocycles. The van der Waals surface area contributed by atoms with Crippen LogP contribution in [0.5, 0.6) is 0 Å². The summed E-state index contributed by atoms with van der Waals surface area (Å²) in [4.78, 5) is 0.225. The second kappa shape index (κ2) is 7.59. The van der Waals surface area contributed by atoms with Crippen molar-refractivity contribution in [3.63, 3.8) is 0 Å². The first-order valence-corrected chi connectivity index (χ1v) is 9.56. The van der Waals surface area contributed by atoms with Gasteiger partial charge in [0.25, 0.3) is 10.0 Å². The highest BCUT2D eigenvalue weighted by Gasteiger charge is 2.15. The van der Waals surface area contributed by atoms with Crippen molar-refractivity contribution in [3.8, 4) is 0 Å². The quantitative estimate of drug-likeness (QED) is 0.656. The van der Waals surface area contributed by atoms with Crippen molar-refractivity contribution in [2.24, 2.45) is 0 Å². The van der Waals surface area contributed by atoms with Crippen LogP contribution in [0.3, 0.4) is 0 Å². The Morgan fingerprint density at radius 3 is 2.04 bits per heavy atom. The van der Waals surface area contributed by atoms with E-state index < -0.39 is 10.0 Å². The molecule has 0 atom stereocenters. The van der Waals surface area contributed by atoms with E-state index in [0.29, 0.717) is 22.9 Å². The lowest BCUT2D eigenvalue weighted by Crippen LogP contribution is -2.14. The molecule has 3 rings (SSSR count). The Kier molecular flexibility index (Phi) is 5.26. The molecular weight excluding hydrogens is 356 g/mol. The number of rotatable bonds is 6. The molecule has 6 heteroatoms. The summed E-state index contributed by atoms with van der Waals surface area (Å²) in [6.45, 7) is 0.557. The van der Waals surface area contributed by atoms with Crippen LogP contribution in [-0.4, -0.2) is 8.42 Å². The third-order valence-electron chi connectivity index (χ3n) is 3.62. The minimum Gasteiger partial charge on any atom is -0.379 e. The van der Waals surface area contributed by atoms with Gasteiger partial charge in [0.1, 0.15) is 0 Å². The molecule has 0 spiro atoms. The van der Waals surface area contributed by atoms with Crippen molar-refractivity contribution >= 4 is 33.0 Å². The number of para-hydroxylation sites is 2. The normalized spacial score (nSPS) is 11.1. The van der Waals surface area contributed by atoms with Gasteiger partial charge in [-0.15, -0.1) is 0 Å². The summed E-state index contributed by atoms with van der Waals surface area (Å²) in [5.41, 5.74) is 2.25. The monoisotopic (exact) mass is 372 g/mol. The van der Waals surface area contributed by atoms with Crippen molar-refractivity contribution in [3.05, 3.63) is 89.4 Å². The molecule has 0 aliphatic heterocycles. The van der Waals surface area contributed by atoms with Crippen LogP contribution < -0.4 is 10.0 Å². The SMILES string of the molecule is O=S(=O)(Nc1ccccc1NCc1ccc(Cl)cc1)c1ccccc1. The number of benzene rings is 3. The summed E-state index contributed by atoms with van der Waals surface area (Å²) in [6.07, 6.45) is 0. The van der Waals surface area contributed by atoms with Crippen LogP contribution >= 0.6 is 11.6 Å². The van der Waals surface area contributed by atoms with E-state index in [4.69, 9.17) is 11.6 Å². The number of sulfonamides is 1. The molecule has 0 unspecified atom stereocenters. The lowest BCUT2D eigenvalue weighted by molar-refractivity contribution is 0.601. The lowest BCUT2D eigenvalue weighted by Gasteiger charge is -2.14. The average Bonchev–Trinajstić information content (AvgIpc) is 2.63. The Labute approximate surface area is 152 Å². The van der Waals surface area contributed by atoms with Gasteiger partial charge in [-0.1, -0.05) is 54.1 Å². The van der Waals surface area contributed by atoms with E-state index in [1.807, 2.05) is 36.4 Å². The van der Waals surface area contributed by atoms with E-state index in [9.17, 15) is 8.42 Å². The van der Waals surface area contributed by atoms with Gasteiger partial charge >= 0.3 is 0 Å². The lowest BCUT2D eigenvalue weighted by atomic mass is 10.2. The van der Waals surface area contributed by atoms with Gasteiger partial charge in [0.15, 0.2) is 0 Å². The van der Waals surface area contributed by atoms with Gasteiger partial charge in [-0.2, -0.15) is 0 Å².